The van der Waals surface area contributed by atoms with Crippen LogP contribution in [0.25, 0.3) is 0 Å². The van der Waals surface area contributed by atoms with E-state index in [2.05, 4.69) is 4.90 Å². The predicted molar refractivity (Wildman–Crippen MR) is 71.9 cm³/mol. The summed E-state index contributed by atoms with van der Waals surface area (Å²) in [6, 6.07) is 5.79. The SMILES string of the molecule is COc1ccc(N2CCN(C(C)=O)CC2)cc1N. The Balaban J connectivity index is 2.05. The molecule has 18 heavy (non-hydrogen) atoms. The molecule has 1 saturated heterocycles. The molecule has 0 aliphatic carbocycles. The molecule has 2 rings (SSSR count). The molecule has 1 heterocycles. The van der Waals surface area contributed by atoms with Gasteiger partial charge in [0.25, 0.3) is 0 Å². The molecule has 1 amide bonds. The average Bonchev–Trinajstić information content (AvgIpc) is 2.38. The van der Waals surface area contributed by atoms with E-state index in [1.807, 2.05) is 23.1 Å². The van der Waals surface area contributed by atoms with E-state index in [0.29, 0.717) is 11.4 Å². The number of amides is 1. The molecule has 1 aromatic carbocycles. The lowest BCUT2D eigenvalue weighted by Crippen LogP contribution is -2.48. The number of carbonyl (C=O) groups excluding carboxylic acids is 1. The Bertz CT molecular complexity index is 440. The standard InChI is InChI=1S/C13H19N3O2/c1-10(17)15-5-7-16(8-6-15)11-3-4-13(18-2)12(14)9-11/h3-4,9H,5-8,14H2,1-2H3. The third-order valence-corrected chi connectivity index (χ3v) is 3.30. The minimum atomic E-state index is 0.142. The first kappa shape index (κ1) is 12.5. The van der Waals surface area contributed by atoms with Crippen molar-refractivity contribution >= 4 is 17.3 Å². The second kappa shape index (κ2) is 5.16. The molecule has 1 aliphatic rings. The van der Waals surface area contributed by atoms with Gasteiger partial charge in [-0.25, -0.2) is 0 Å². The normalized spacial score (nSPS) is 15.7. The van der Waals surface area contributed by atoms with E-state index in [0.717, 1.165) is 31.9 Å². The molecule has 1 aliphatic heterocycles. The van der Waals surface area contributed by atoms with E-state index in [1.165, 1.54) is 0 Å². The number of piperazine rings is 1. The Morgan fingerprint density at radius 3 is 2.44 bits per heavy atom. The number of rotatable bonds is 2. The minimum Gasteiger partial charge on any atom is -0.495 e. The van der Waals surface area contributed by atoms with Crippen LogP contribution in [0.15, 0.2) is 18.2 Å². The molecular weight excluding hydrogens is 230 g/mol. The van der Waals surface area contributed by atoms with Gasteiger partial charge in [-0.2, -0.15) is 0 Å². The number of methoxy groups -OCH3 is 1. The number of ether oxygens (including phenoxy) is 1. The lowest BCUT2D eigenvalue weighted by atomic mass is 10.2. The lowest BCUT2D eigenvalue weighted by molar-refractivity contribution is -0.129. The lowest BCUT2D eigenvalue weighted by Gasteiger charge is -2.35. The maximum atomic E-state index is 11.3. The Morgan fingerprint density at radius 1 is 1.28 bits per heavy atom. The zero-order chi connectivity index (χ0) is 13.1. The van der Waals surface area contributed by atoms with Gasteiger partial charge in [0, 0.05) is 38.8 Å². The number of nitrogens with two attached hydrogens (primary N) is 1. The van der Waals surface area contributed by atoms with Gasteiger partial charge in [0.05, 0.1) is 12.8 Å². The van der Waals surface area contributed by atoms with Crippen LogP contribution < -0.4 is 15.4 Å². The van der Waals surface area contributed by atoms with Gasteiger partial charge in [0.1, 0.15) is 5.75 Å². The number of carbonyl (C=O) groups is 1. The number of anilines is 2. The van der Waals surface area contributed by atoms with Gasteiger partial charge >= 0.3 is 0 Å². The third-order valence-electron chi connectivity index (χ3n) is 3.30. The summed E-state index contributed by atoms with van der Waals surface area (Å²) in [5, 5.41) is 0. The summed E-state index contributed by atoms with van der Waals surface area (Å²) in [6.45, 7) is 4.82. The van der Waals surface area contributed by atoms with E-state index < -0.39 is 0 Å². The van der Waals surface area contributed by atoms with Gasteiger partial charge in [-0.15, -0.1) is 0 Å². The molecule has 0 spiro atoms. The van der Waals surface area contributed by atoms with Crippen LogP contribution in [0.3, 0.4) is 0 Å². The molecule has 98 valence electrons. The molecule has 5 nitrogen and oxygen atoms in total. The van der Waals surface area contributed by atoms with E-state index in [4.69, 9.17) is 10.5 Å². The third kappa shape index (κ3) is 2.50. The van der Waals surface area contributed by atoms with Crippen LogP contribution in [-0.4, -0.2) is 44.1 Å². The first-order valence-electron chi connectivity index (χ1n) is 6.06. The van der Waals surface area contributed by atoms with Crippen molar-refractivity contribution in [2.45, 2.75) is 6.92 Å². The first-order valence-corrected chi connectivity index (χ1v) is 6.06. The van der Waals surface area contributed by atoms with Crippen molar-refractivity contribution in [3.63, 3.8) is 0 Å². The van der Waals surface area contributed by atoms with Gasteiger partial charge in [-0.3, -0.25) is 4.79 Å². The number of hydrogen-bond donors (Lipinski definition) is 1. The van der Waals surface area contributed by atoms with Crippen molar-refractivity contribution in [1.29, 1.82) is 0 Å². The van der Waals surface area contributed by atoms with Crippen molar-refractivity contribution in [3.05, 3.63) is 18.2 Å². The van der Waals surface area contributed by atoms with Crippen LogP contribution in [0.1, 0.15) is 6.92 Å². The van der Waals surface area contributed by atoms with Crippen molar-refractivity contribution < 1.29 is 9.53 Å². The molecular formula is C13H19N3O2. The fourth-order valence-electron chi connectivity index (χ4n) is 2.20. The zero-order valence-corrected chi connectivity index (χ0v) is 10.8. The number of nitrogen functional groups attached to an aromatic ring is 1. The number of benzene rings is 1. The summed E-state index contributed by atoms with van der Waals surface area (Å²) in [6.07, 6.45) is 0. The highest BCUT2D eigenvalue weighted by molar-refractivity contribution is 5.73. The van der Waals surface area contributed by atoms with Gasteiger partial charge in [-0.05, 0) is 18.2 Å². The van der Waals surface area contributed by atoms with E-state index in [1.54, 1.807) is 14.0 Å². The summed E-state index contributed by atoms with van der Waals surface area (Å²) in [4.78, 5) is 15.3. The second-order valence-corrected chi connectivity index (χ2v) is 4.42. The van der Waals surface area contributed by atoms with Crippen LogP contribution in [0.2, 0.25) is 0 Å². The van der Waals surface area contributed by atoms with E-state index in [9.17, 15) is 4.79 Å². The van der Waals surface area contributed by atoms with Gasteiger partial charge in [-0.1, -0.05) is 0 Å². The summed E-state index contributed by atoms with van der Waals surface area (Å²) >= 11 is 0. The van der Waals surface area contributed by atoms with Crippen LogP contribution in [-0.2, 0) is 4.79 Å². The highest BCUT2D eigenvalue weighted by atomic mass is 16.5. The van der Waals surface area contributed by atoms with Crippen LogP contribution in [0, 0.1) is 0 Å². The Hall–Kier alpha value is -1.91. The summed E-state index contributed by atoms with van der Waals surface area (Å²) in [5.74, 6) is 0.838. The Labute approximate surface area is 107 Å². The predicted octanol–water partition coefficient (Wildman–Crippen LogP) is 0.946. The summed E-state index contributed by atoms with van der Waals surface area (Å²) in [5.41, 5.74) is 7.62. The molecule has 2 N–H and O–H groups in total. The molecule has 0 bridgehead atoms. The van der Waals surface area contributed by atoms with Crippen molar-refractivity contribution in [1.82, 2.24) is 4.90 Å². The fraction of sp³-hybridized carbons (Fsp3) is 0.462. The molecule has 0 unspecified atom stereocenters. The number of nitrogens with zero attached hydrogens (tertiary/aromatic N) is 2. The highest BCUT2D eigenvalue weighted by Crippen LogP contribution is 2.27. The highest BCUT2D eigenvalue weighted by Gasteiger charge is 2.19. The molecule has 0 radical (unpaired) electrons. The monoisotopic (exact) mass is 249 g/mol. The quantitative estimate of drug-likeness (QED) is 0.793. The zero-order valence-electron chi connectivity index (χ0n) is 10.8. The number of hydrogen-bond acceptors (Lipinski definition) is 4. The fourth-order valence-corrected chi connectivity index (χ4v) is 2.20. The van der Waals surface area contributed by atoms with Gasteiger partial charge in [0.2, 0.25) is 5.91 Å². The minimum absolute atomic E-state index is 0.142. The maximum Gasteiger partial charge on any atom is 0.219 e. The Morgan fingerprint density at radius 2 is 1.94 bits per heavy atom. The summed E-state index contributed by atoms with van der Waals surface area (Å²) in [7, 11) is 1.61. The average molecular weight is 249 g/mol. The maximum absolute atomic E-state index is 11.3. The Kier molecular flexibility index (Phi) is 3.60. The largest absolute Gasteiger partial charge is 0.495 e. The smallest absolute Gasteiger partial charge is 0.219 e. The second-order valence-electron chi connectivity index (χ2n) is 4.42. The summed E-state index contributed by atoms with van der Waals surface area (Å²) < 4.78 is 5.14. The molecule has 5 heteroatoms. The first-order chi connectivity index (χ1) is 8.61. The van der Waals surface area contributed by atoms with Crippen LogP contribution in [0.4, 0.5) is 11.4 Å². The molecule has 0 saturated carbocycles. The van der Waals surface area contributed by atoms with E-state index in [-0.39, 0.29) is 5.91 Å². The van der Waals surface area contributed by atoms with Gasteiger partial charge in [0.15, 0.2) is 0 Å². The molecule has 0 aromatic heterocycles. The topological polar surface area (TPSA) is 58.8 Å². The molecule has 1 aromatic rings. The molecule has 1 fully saturated rings. The van der Waals surface area contributed by atoms with E-state index >= 15 is 0 Å². The van der Waals surface area contributed by atoms with Gasteiger partial charge < -0.3 is 20.3 Å². The van der Waals surface area contributed by atoms with Crippen molar-refractivity contribution in [2.75, 3.05) is 43.9 Å². The van der Waals surface area contributed by atoms with Crippen LogP contribution >= 0.6 is 0 Å². The molecule has 0 atom stereocenters. The van der Waals surface area contributed by atoms with Crippen molar-refractivity contribution in [2.24, 2.45) is 0 Å². The van der Waals surface area contributed by atoms with Crippen LogP contribution in [0.5, 0.6) is 5.75 Å². The van der Waals surface area contributed by atoms with Crippen molar-refractivity contribution in [3.8, 4) is 5.75 Å².